The summed E-state index contributed by atoms with van der Waals surface area (Å²) in [6.45, 7) is -2.93. The van der Waals surface area contributed by atoms with Crippen LogP contribution in [-0.4, -0.2) is 23.7 Å². The van der Waals surface area contributed by atoms with E-state index in [1.807, 2.05) is 0 Å². The van der Waals surface area contributed by atoms with Crippen molar-refractivity contribution < 1.29 is 18.3 Å². The lowest BCUT2D eigenvalue weighted by molar-refractivity contribution is -0.0499. The van der Waals surface area contributed by atoms with E-state index in [-0.39, 0.29) is 5.75 Å². The normalized spacial score (nSPS) is 10.8. The van der Waals surface area contributed by atoms with Crippen molar-refractivity contribution in [3.63, 3.8) is 0 Å². The first-order valence-corrected chi connectivity index (χ1v) is 5.94. The molecule has 5 nitrogen and oxygen atoms in total. The first-order chi connectivity index (χ1) is 10.2. The van der Waals surface area contributed by atoms with Gasteiger partial charge in [0.2, 0.25) is 0 Å². The zero-order chi connectivity index (χ0) is 15.1. The number of halogens is 2. The lowest BCUT2D eigenvalue weighted by atomic mass is 10.2. The molecule has 21 heavy (non-hydrogen) atoms. The Morgan fingerprint density at radius 1 is 1.24 bits per heavy atom. The Balaban J connectivity index is 2.03. The predicted octanol–water partition coefficient (Wildman–Crippen LogP) is 2.45. The molecule has 2 aromatic rings. The predicted molar refractivity (Wildman–Crippen MR) is 72.4 cm³/mol. The van der Waals surface area contributed by atoms with Gasteiger partial charge >= 0.3 is 6.61 Å². The van der Waals surface area contributed by atoms with Gasteiger partial charge < -0.3 is 4.74 Å². The van der Waals surface area contributed by atoms with Crippen LogP contribution in [-0.2, 0) is 0 Å². The van der Waals surface area contributed by atoms with Crippen LogP contribution in [0.25, 0.3) is 0 Å². The van der Waals surface area contributed by atoms with Crippen molar-refractivity contribution in [1.29, 1.82) is 0 Å². The summed E-state index contributed by atoms with van der Waals surface area (Å²) >= 11 is 0. The number of ether oxygens (including phenoxy) is 1. The number of nitrogens with one attached hydrogen (secondary N) is 1. The molecule has 2 rings (SSSR count). The number of hydrogen-bond donors (Lipinski definition) is 1. The highest BCUT2D eigenvalue weighted by molar-refractivity contribution is 5.94. The second-order valence-corrected chi connectivity index (χ2v) is 3.85. The van der Waals surface area contributed by atoms with Gasteiger partial charge in [0, 0.05) is 23.5 Å². The number of alkyl halides is 2. The van der Waals surface area contributed by atoms with Crippen LogP contribution in [0.15, 0.2) is 53.9 Å². The van der Waals surface area contributed by atoms with Crippen LogP contribution in [0.4, 0.5) is 8.78 Å². The van der Waals surface area contributed by atoms with Crippen molar-refractivity contribution in [2.45, 2.75) is 6.61 Å². The fraction of sp³-hybridized carbons (Fsp3) is 0.0714. The zero-order valence-electron chi connectivity index (χ0n) is 10.7. The SMILES string of the molecule is O=C(NN=Cc1ccccc1OC(F)F)c1ccncc1. The average molecular weight is 291 g/mol. The number of para-hydroxylation sites is 1. The molecule has 108 valence electrons. The van der Waals surface area contributed by atoms with Crippen LogP contribution in [0.1, 0.15) is 15.9 Å². The molecule has 1 N–H and O–H groups in total. The van der Waals surface area contributed by atoms with E-state index in [1.54, 1.807) is 18.2 Å². The number of pyridine rings is 1. The summed E-state index contributed by atoms with van der Waals surface area (Å²) in [6.07, 6.45) is 4.19. The third-order valence-corrected chi connectivity index (χ3v) is 2.45. The molecule has 0 bridgehead atoms. The van der Waals surface area contributed by atoms with E-state index in [4.69, 9.17) is 0 Å². The van der Waals surface area contributed by atoms with Gasteiger partial charge in [-0.2, -0.15) is 13.9 Å². The number of carbonyl (C=O) groups is 1. The molecule has 1 amide bonds. The molecule has 1 heterocycles. The number of hydrogen-bond acceptors (Lipinski definition) is 4. The summed E-state index contributed by atoms with van der Waals surface area (Å²) in [7, 11) is 0. The Morgan fingerprint density at radius 3 is 2.67 bits per heavy atom. The topological polar surface area (TPSA) is 63.6 Å². The average Bonchev–Trinajstić information content (AvgIpc) is 2.49. The smallest absolute Gasteiger partial charge is 0.387 e. The van der Waals surface area contributed by atoms with Gasteiger partial charge in [0.05, 0.1) is 6.21 Å². The fourth-order valence-corrected chi connectivity index (χ4v) is 1.52. The maximum absolute atomic E-state index is 12.2. The largest absolute Gasteiger partial charge is 0.434 e. The molecule has 0 aliphatic carbocycles. The standard InChI is InChI=1S/C14H11F2N3O2/c15-14(16)21-12-4-2-1-3-11(12)9-18-19-13(20)10-5-7-17-8-6-10/h1-9,14H,(H,19,20). The Bertz CT molecular complexity index is 633. The van der Waals surface area contributed by atoms with Crippen LogP contribution < -0.4 is 10.2 Å². The van der Waals surface area contributed by atoms with Gasteiger partial charge in [-0.05, 0) is 24.3 Å². The molecule has 0 saturated heterocycles. The van der Waals surface area contributed by atoms with E-state index in [9.17, 15) is 13.6 Å². The number of hydrazone groups is 1. The van der Waals surface area contributed by atoms with Gasteiger partial charge in [-0.25, -0.2) is 5.43 Å². The van der Waals surface area contributed by atoms with Gasteiger partial charge in [-0.15, -0.1) is 0 Å². The molecule has 0 fully saturated rings. The van der Waals surface area contributed by atoms with E-state index >= 15 is 0 Å². The van der Waals surface area contributed by atoms with Crippen LogP contribution in [0.2, 0.25) is 0 Å². The van der Waals surface area contributed by atoms with Crippen molar-refractivity contribution in [3.8, 4) is 5.75 Å². The Kier molecular flexibility index (Phi) is 4.92. The van der Waals surface area contributed by atoms with E-state index in [0.29, 0.717) is 11.1 Å². The third kappa shape index (κ3) is 4.34. The van der Waals surface area contributed by atoms with E-state index in [2.05, 4.69) is 20.2 Å². The fourth-order valence-electron chi connectivity index (χ4n) is 1.52. The van der Waals surface area contributed by atoms with E-state index in [1.165, 1.54) is 36.8 Å². The van der Waals surface area contributed by atoms with Crippen molar-refractivity contribution in [2.75, 3.05) is 0 Å². The van der Waals surface area contributed by atoms with Gasteiger partial charge in [0.25, 0.3) is 5.91 Å². The summed E-state index contributed by atoms with van der Waals surface area (Å²) < 4.78 is 28.8. The van der Waals surface area contributed by atoms with E-state index in [0.717, 1.165) is 0 Å². The second kappa shape index (κ2) is 7.09. The number of benzene rings is 1. The van der Waals surface area contributed by atoms with Gasteiger partial charge in [-0.1, -0.05) is 12.1 Å². The minimum atomic E-state index is -2.93. The Morgan fingerprint density at radius 2 is 1.95 bits per heavy atom. The number of carbonyl (C=O) groups excluding carboxylic acids is 1. The molecule has 1 aromatic carbocycles. The van der Waals surface area contributed by atoms with Gasteiger partial charge in [0.15, 0.2) is 0 Å². The highest BCUT2D eigenvalue weighted by Gasteiger charge is 2.07. The number of rotatable bonds is 5. The summed E-state index contributed by atoms with van der Waals surface area (Å²) in [4.78, 5) is 15.5. The minimum absolute atomic E-state index is 0.0191. The van der Waals surface area contributed by atoms with Crippen LogP contribution >= 0.6 is 0 Å². The highest BCUT2D eigenvalue weighted by Crippen LogP contribution is 2.18. The molecular formula is C14H11F2N3O2. The van der Waals surface area contributed by atoms with Crippen LogP contribution in [0.3, 0.4) is 0 Å². The first kappa shape index (κ1) is 14.6. The highest BCUT2D eigenvalue weighted by atomic mass is 19.3. The maximum Gasteiger partial charge on any atom is 0.387 e. The van der Waals surface area contributed by atoms with Gasteiger partial charge in [0.1, 0.15) is 5.75 Å². The first-order valence-electron chi connectivity index (χ1n) is 5.94. The Labute approximate surface area is 119 Å². The van der Waals surface area contributed by atoms with Crippen molar-refractivity contribution in [2.24, 2.45) is 5.10 Å². The van der Waals surface area contributed by atoms with Crippen molar-refractivity contribution in [3.05, 3.63) is 59.9 Å². The lowest BCUT2D eigenvalue weighted by Gasteiger charge is -2.06. The third-order valence-electron chi connectivity index (χ3n) is 2.45. The number of amides is 1. The maximum atomic E-state index is 12.2. The zero-order valence-corrected chi connectivity index (χ0v) is 10.7. The minimum Gasteiger partial charge on any atom is -0.434 e. The summed E-state index contributed by atoms with van der Waals surface area (Å²) in [5.41, 5.74) is 3.00. The van der Waals surface area contributed by atoms with Crippen molar-refractivity contribution >= 4 is 12.1 Å². The number of nitrogens with zero attached hydrogens (tertiary/aromatic N) is 2. The molecule has 0 radical (unpaired) electrons. The van der Waals surface area contributed by atoms with Crippen molar-refractivity contribution in [1.82, 2.24) is 10.4 Å². The Hall–Kier alpha value is -2.83. The van der Waals surface area contributed by atoms with Gasteiger partial charge in [-0.3, -0.25) is 9.78 Å². The molecule has 0 spiro atoms. The second-order valence-electron chi connectivity index (χ2n) is 3.85. The summed E-state index contributed by atoms with van der Waals surface area (Å²) in [6, 6.07) is 9.18. The van der Waals surface area contributed by atoms with E-state index < -0.39 is 12.5 Å². The molecule has 0 atom stereocenters. The van der Waals surface area contributed by atoms with Crippen LogP contribution in [0, 0.1) is 0 Å². The lowest BCUT2D eigenvalue weighted by Crippen LogP contribution is -2.17. The van der Waals surface area contributed by atoms with Crippen LogP contribution in [0.5, 0.6) is 5.75 Å². The summed E-state index contributed by atoms with van der Waals surface area (Å²) in [5.74, 6) is -0.449. The molecule has 0 unspecified atom stereocenters. The molecule has 7 heteroatoms. The molecular weight excluding hydrogens is 280 g/mol. The summed E-state index contributed by atoms with van der Waals surface area (Å²) in [5, 5.41) is 3.72. The molecule has 0 saturated carbocycles. The number of aromatic nitrogens is 1. The quantitative estimate of drug-likeness (QED) is 0.680. The molecule has 1 aromatic heterocycles. The monoisotopic (exact) mass is 291 g/mol. The molecule has 0 aliphatic rings. The molecule has 0 aliphatic heterocycles.